The van der Waals surface area contributed by atoms with Gasteiger partial charge < -0.3 is 14.5 Å². The molecule has 104 valence electrons. The lowest BCUT2D eigenvalue weighted by atomic mass is 10.2. The molecule has 0 atom stereocenters. The Hall–Kier alpha value is -1.69. The number of methoxy groups -OCH3 is 1. The zero-order valence-electron chi connectivity index (χ0n) is 11.7. The number of carbonyl (C=O) groups is 1. The van der Waals surface area contributed by atoms with Gasteiger partial charge in [0.2, 0.25) is 5.95 Å². The maximum absolute atomic E-state index is 11.5. The number of hydrogen-bond donors (Lipinski definition) is 0. The van der Waals surface area contributed by atoms with E-state index < -0.39 is 0 Å². The molecule has 6 heteroatoms. The van der Waals surface area contributed by atoms with Gasteiger partial charge in [0.15, 0.2) is 0 Å². The fraction of sp³-hybridized carbons (Fsp3) is 0.615. The van der Waals surface area contributed by atoms with E-state index in [9.17, 15) is 4.79 Å². The molecule has 0 saturated carbocycles. The number of aryl methyl sites for hydroxylation is 1. The number of aromatic nitrogens is 2. The van der Waals surface area contributed by atoms with Crippen molar-refractivity contribution in [1.29, 1.82) is 0 Å². The average molecular weight is 264 g/mol. The summed E-state index contributed by atoms with van der Waals surface area (Å²) in [6.45, 7) is 8.95. The van der Waals surface area contributed by atoms with Crippen LogP contribution in [0.4, 0.5) is 5.95 Å². The lowest BCUT2D eigenvalue weighted by Gasteiger charge is -2.34. The highest BCUT2D eigenvalue weighted by Crippen LogP contribution is 2.14. The van der Waals surface area contributed by atoms with Crippen LogP contribution in [-0.4, -0.2) is 60.7 Å². The predicted octanol–water partition coefficient (Wildman–Crippen LogP) is 0.714. The summed E-state index contributed by atoms with van der Waals surface area (Å²) in [5, 5.41) is 0. The van der Waals surface area contributed by atoms with Gasteiger partial charge in [-0.15, -0.1) is 0 Å². The summed E-state index contributed by atoms with van der Waals surface area (Å²) in [5.41, 5.74) is 1.09. The zero-order valence-corrected chi connectivity index (χ0v) is 11.7. The summed E-state index contributed by atoms with van der Waals surface area (Å²) in [6.07, 6.45) is 1.55. The lowest BCUT2D eigenvalue weighted by Crippen LogP contribution is -2.46. The third kappa shape index (κ3) is 3.01. The number of anilines is 1. The summed E-state index contributed by atoms with van der Waals surface area (Å²) in [7, 11) is 1.36. The lowest BCUT2D eigenvalue weighted by molar-refractivity contribution is 0.0599. The Bertz CT molecular complexity index is 456. The van der Waals surface area contributed by atoms with Gasteiger partial charge in [-0.05, 0) is 13.5 Å². The highest BCUT2D eigenvalue weighted by atomic mass is 16.5. The summed E-state index contributed by atoms with van der Waals surface area (Å²) >= 11 is 0. The van der Waals surface area contributed by atoms with Gasteiger partial charge in [-0.2, -0.15) is 0 Å². The molecule has 0 bridgehead atoms. The number of piperazine rings is 1. The molecule has 0 unspecified atom stereocenters. The molecule has 0 N–H and O–H groups in total. The molecule has 2 rings (SSSR count). The van der Waals surface area contributed by atoms with E-state index in [1.165, 1.54) is 7.11 Å². The van der Waals surface area contributed by atoms with Crippen LogP contribution in [0, 0.1) is 6.92 Å². The Labute approximate surface area is 113 Å². The molecule has 0 radical (unpaired) electrons. The fourth-order valence-electron chi connectivity index (χ4n) is 2.18. The second kappa shape index (κ2) is 5.97. The predicted molar refractivity (Wildman–Crippen MR) is 72.4 cm³/mol. The molecule has 0 spiro atoms. The Morgan fingerprint density at radius 3 is 2.58 bits per heavy atom. The Kier molecular flexibility index (Phi) is 4.31. The van der Waals surface area contributed by atoms with Gasteiger partial charge in [-0.25, -0.2) is 14.8 Å². The van der Waals surface area contributed by atoms with Crippen molar-refractivity contribution in [1.82, 2.24) is 14.9 Å². The second-order valence-corrected chi connectivity index (χ2v) is 4.58. The van der Waals surface area contributed by atoms with E-state index in [-0.39, 0.29) is 5.97 Å². The molecule has 1 aromatic rings. The molecule has 1 saturated heterocycles. The summed E-state index contributed by atoms with van der Waals surface area (Å²) < 4.78 is 4.69. The van der Waals surface area contributed by atoms with E-state index in [2.05, 4.69) is 26.7 Å². The number of carbonyl (C=O) groups excluding carboxylic acids is 1. The normalized spacial score (nSPS) is 16.5. The van der Waals surface area contributed by atoms with Gasteiger partial charge >= 0.3 is 5.97 Å². The maximum Gasteiger partial charge on any atom is 0.341 e. The van der Waals surface area contributed by atoms with Gasteiger partial charge in [-0.1, -0.05) is 6.92 Å². The van der Waals surface area contributed by atoms with Crippen molar-refractivity contribution >= 4 is 11.9 Å². The van der Waals surface area contributed by atoms with E-state index in [0.29, 0.717) is 17.2 Å². The molecular formula is C13H20N4O2. The molecule has 1 aliphatic heterocycles. The van der Waals surface area contributed by atoms with Gasteiger partial charge in [0.05, 0.1) is 18.4 Å². The molecule has 1 fully saturated rings. The Balaban J connectivity index is 2.10. The van der Waals surface area contributed by atoms with Crippen LogP contribution in [0.1, 0.15) is 23.0 Å². The third-order valence-electron chi connectivity index (χ3n) is 3.47. The van der Waals surface area contributed by atoms with Crippen LogP contribution in [0.25, 0.3) is 0 Å². The van der Waals surface area contributed by atoms with Crippen molar-refractivity contribution in [2.75, 3.05) is 44.7 Å². The molecule has 1 aromatic heterocycles. The largest absolute Gasteiger partial charge is 0.465 e. The van der Waals surface area contributed by atoms with Crippen molar-refractivity contribution in [2.45, 2.75) is 13.8 Å². The van der Waals surface area contributed by atoms with E-state index in [4.69, 9.17) is 4.74 Å². The van der Waals surface area contributed by atoms with Crippen LogP contribution >= 0.6 is 0 Å². The SMILES string of the molecule is CCN1CCN(c2ncc(C(=O)OC)c(C)n2)CC1. The standard InChI is InChI=1S/C13H20N4O2/c1-4-16-5-7-17(8-6-16)13-14-9-11(10(2)15-13)12(18)19-3/h9H,4-8H2,1-3H3. The van der Waals surface area contributed by atoms with Crippen molar-refractivity contribution < 1.29 is 9.53 Å². The van der Waals surface area contributed by atoms with Crippen LogP contribution in [0.5, 0.6) is 0 Å². The first-order chi connectivity index (χ1) is 9.15. The molecule has 0 aromatic carbocycles. The van der Waals surface area contributed by atoms with E-state index in [0.717, 1.165) is 32.7 Å². The van der Waals surface area contributed by atoms with Gasteiger partial charge in [0.25, 0.3) is 0 Å². The van der Waals surface area contributed by atoms with Crippen LogP contribution in [0.3, 0.4) is 0 Å². The molecule has 0 aliphatic carbocycles. The van der Waals surface area contributed by atoms with Crippen molar-refractivity contribution in [3.8, 4) is 0 Å². The minimum atomic E-state index is -0.389. The highest BCUT2D eigenvalue weighted by molar-refractivity contribution is 5.90. The summed E-state index contributed by atoms with van der Waals surface area (Å²) in [4.78, 5) is 24.7. The molecule has 0 amide bonds. The summed E-state index contributed by atoms with van der Waals surface area (Å²) in [6, 6.07) is 0. The number of nitrogens with zero attached hydrogens (tertiary/aromatic N) is 4. The quantitative estimate of drug-likeness (QED) is 0.750. The average Bonchev–Trinajstić information content (AvgIpc) is 2.46. The topological polar surface area (TPSA) is 58.6 Å². The van der Waals surface area contributed by atoms with Crippen LogP contribution < -0.4 is 4.90 Å². The molecule has 6 nitrogen and oxygen atoms in total. The number of esters is 1. The molecule has 2 heterocycles. The summed E-state index contributed by atoms with van der Waals surface area (Å²) in [5.74, 6) is 0.306. The first-order valence-corrected chi connectivity index (χ1v) is 6.55. The number of hydrogen-bond acceptors (Lipinski definition) is 6. The van der Waals surface area contributed by atoms with Gasteiger partial charge in [-0.3, -0.25) is 0 Å². The molecule has 1 aliphatic rings. The minimum Gasteiger partial charge on any atom is -0.465 e. The maximum atomic E-state index is 11.5. The van der Waals surface area contributed by atoms with Crippen LogP contribution in [0.15, 0.2) is 6.20 Å². The van der Waals surface area contributed by atoms with Gasteiger partial charge in [0.1, 0.15) is 0 Å². The van der Waals surface area contributed by atoms with Gasteiger partial charge in [0, 0.05) is 32.4 Å². The fourth-order valence-corrected chi connectivity index (χ4v) is 2.18. The Morgan fingerprint density at radius 1 is 1.37 bits per heavy atom. The number of likely N-dealkylation sites (N-methyl/N-ethyl adjacent to an activating group) is 1. The molecule has 19 heavy (non-hydrogen) atoms. The number of rotatable bonds is 3. The smallest absolute Gasteiger partial charge is 0.341 e. The van der Waals surface area contributed by atoms with E-state index >= 15 is 0 Å². The Morgan fingerprint density at radius 2 is 2.05 bits per heavy atom. The monoisotopic (exact) mass is 264 g/mol. The first kappa shape index (κ1) is 13.7. The second-order valence-electron chi connectivity index (χ2n) is 4.58. The van der Waals surface area contributed by atoms with Crippen molar-refractivity contribution in [3.63, 3.8) is 0 Å². The third-order valence-corrected chi connectivity index (χ3v) is 3.47. The first-order valence-electron chi connectivity index (χ1n) is 6.55. The van der Waals surface area contributed by atoms with Crippen molar-refractivity contribution in [3.05, 3.63) is 17.5 Å². The highest BCUT2D eigenvalue weighted by Gasteiger charge is 2.19. The van der Waals surface area contributed by atoms with E-state index in [1.54, 1.807) is 13.1 Å². The van der Waals surface area contributed by atoms with Crippen LogP contribution in [0.2, 0.25) is 0 Å². The van der Waals surface area contributed by atoms with Crippen molar-refractivity contribution in [2.24, 2.45) is 0 Å². The minimum absolute atomic E-state index is 0.389. The van der Waals surface area contributed by atoms with E-state index in [1.807, 2.05) is 0 Å². The number of ether oxygens (including phenoxy) is 1. The van der Waals surface area contributed by atoms with Crippen LogP contribution in [-0.2, 0) is 4.74 Å². The zero-order chi connectivity index (χ0) is 13.8. The molecular weight excluding hydrogens is 244 g/mol.